The first-order chi connectivity index (χ1) is 17.2. The van der Waals surface area contributed by atoms with Gasteiger partial charge in [0.15, 0.2) is 0 Å². The van der Waals surface area contributed by atoms with Crippen LogP contribution in [0, 0.1) is 11.8 Å². The van der Waals surface area contributed by atoms with Crippen molar-refractivity contribution in [1.82, 2.24) is 0 Å². The van der Waals surface area contributed by atoms with Crippen molar-refractivity contribution in [2.75, 3.05) is 19.5 Å². The van der Waals surface area contributed by atoms with Crippen LogP contribution >= 0.6 is 0 Å². The third kappa shape index (κ3) is 5.45. The van der Waals surface area contributed by atoms with Gasteiger partial charge in [0, 0.05) is 17.2 Å². The SMILES string of the molecule is C=C(B1OC(C)(C)C(C)(C)O1)C(C1CCCCC1)C(Nc1ccc(OC)cc1)c1ccccc1OC. The predicted octanol–water partition coefficient (Wildman–Crippen LogP) is 7.24. The minimum absolute atomic E-state index is 0.0656. The Bertz CT molecular complexity index is 1010. The lowest BCUT2D eigenvalue weighted by Crippen LogP contribution is -2.41. The molecular weight excluding hydrogens is 449 g/mol. The summed E-state index contributed by atoms with van der Waals surface area (Å²) in [6.07, 6.45) is 6.09. The fraction of sp³-hybridized carbons (Fsp3) is 0.533. The van der Waals surface area contributed by atoms with Gasteiger partial charge in [0.05, 0.1) is 31.5 Å². The Labute approximate surface area is 217 Å². The van der Waals surface area contributed by atoms with E-state index in [2.05, 4.69) is 63.9 Å². The molecule has 1 N–H and O–H groups in total. The number of nitrogens with one attached hydrogen (secondary N) is 1. The third-order valence-corrected chi connectivity index (χ3v) is 8.39. The van der Waals surface area contributed by atoms with Gasteiger partial charge in [-0.3, -0.25) is 0 Å². The molecule has 1 saturated carbocycles. The van der Waals surface area contributed by atoms with Crippen LogP contribution < -0.4 is 14.8 Å². The van der Waals surface area contributed by atoms with E-state index < -0.39 is 18.3 Å². The van der Waals surface area contributed by atoms with E-state index >= 15 is 0 Å². The molecule has 0 spiro atoms. The zero-order chi connectivity index (χ0) is 25.9. The molecule has 1 aliphatic heterocycles. The minimum Gasteiger partial charge on any atom is -0.497 e. The Morgan fingerprint density at radius 1 is 0.917 bits per heavy atom. The molecule has 5 nitrogen and oxygen atoms in total. The van der Waals surface area contributed by atoms with Gasteiger partial charge in [-0.05, 0) is 82.3 Å². The Kier molecular flexibility index (Phi) is 8.06. The van der Waals surface area contributed by atoms with E-state index in [-0.39, 0.29) is 12.0 Å². The van der Waals surface area contributed by atoms with Gasteiger partial charge in [-0.15, -0.1) is 6.58 Å². The second kappa shape index (κ2) is 10.9. The van der Waals surface area contributed by atoms with Crippen LogP contribution in [0.1, 0.15) is 71.4 Å². The second-order valence-electron chi connectivity index (χ2n) is 11.2. The lowest BCUT2D eigenvalue weighted by atomic mass is 9.61. The Morgan fingerprint density at radius 2 is 1.53 bits per heavy atom. The summed E-state index contributed by atoms with van der Waals surface area (Å²) in [4.78, 5) is 0. The summed E-state index contributed by atoms with van der Waals surface area (Å²) in [5, 5.41) is 3.86. The minimum atomic E-state index is -0.461. The highest BCUT2D eigenvalue weighted by Crippen LogP contribution is 2.48. The molecule has 36 heavy (non-hydrogen) atoms. The number of anilines is 1. The number of hydrogen-bond donors (Lipinski definition) is 1. The summed E-state index contributed by atoms with van der Waals surface area (Å²) in [6, 6.07) is 16.3. The maximum atomic E-state index is 6.52. The molecule has 0 aromatic heterocycles. The largest absolute Gasteiger partial charge is 0.497 e. The highest BCUT2D eigenvalue weighted by Gasteiger charge is 2.54. The summed E-state index contributed by atoms with van der Waals surface area (Å²) in [7, 11) is 2.96. The van der Waals surface area contributed by atoms with Gasteiger partial charge < -0.3 is 24.1 Å². The summed E-state index contributed by atoms with van der Waals surface area (Å²) < 4.78 is 24.3. The zero-order valence-electron chi connectivity index (χ0n) is 22.8. The van der Waals surface area contributed by atoms with Crippen LogP contribution in [-0.2, 0) is 9.31 Å². The topological polar surface area (TPSA) is 49.0 Å². The lowest BCUT2D eigenvalue weighted by molar-refractivity contribution is 0.00578. The van der Waals surface area contributed by atoms with E-state index in [1.165, 1.54) is 32.1 Å². The van der Waals surface area contributed by atoms with E-state index in [0.717, 1.165) is 28.2 Å². The standard InChI is InChI=1S/C30H42BNO4/c1-21(31-35-29(2,3)30(4,5)36-31)27(22-13-9-8-10-14-22)28(25-15-11-12-16-26(25)34-7)32-23-17-19-24(33-6)20-18-23/h11-12,15-20,22,27-28,32H,1,8-10,13-14H2,2-7H3. The molecule has 2 atom stereocenters. The van der Waals surface area contributed by atoms with Crippen LogP contribution in [0.2, 0.25) is 0 Å². The third-order valence-electron chi connectivity index (χ3n) is 8.39. The number of para-hydroxylation sites is 1. The quantitative estimate of drug-likeness (QED) is 0.375. The normalized spacial score (nSPS) is 21.0. The van der Waals surface area contributed by atoms with Crippen LogP contribution in [0.3, 0.4) is 0 Å². The molecule has 2 aliphatic rings. The number of ether oxygens (including phenoxy) is 2. The average molecular weight is 491 g/mol. The molecule has 1 saturated heterocycles. The fourth-order valence-corrected chi connectivity index (χ4v) is 5.58. The summed E-state index contributed by atoms with van der Waals surface area (Å²) in [5.41, 5.74) is 2.30. The van der Waals surface area contributed by atoms with Gasteiger partial charge in [0.1, 0.15) is 11.5 Å². The van der Waals surface area contributed by atoms with Crippen LogP contribution in [0.25, 0.3) is 0 Å². The Morgan fingerprint density at radius 3 is 2.11 bits per heavy atom. The number of hydrogen-bond acceptors (Lipinski definition) is 5. The van der Waals surface area contributed by atoms with Crippen LogP contribution in [-0.4, -0.2) is 32.5 Å². The molecule has 1 heterocycles. The molecule has 2 unspecified atom stereocenters. The fourth-order valence-electron chi connectivity index (χ4n) is 5.58. The molecular formula is C30H42BNO4. The molecule has 2 aromatic carbocycles. The Hall–Kier alpha value is -2.44. The van der Waals surface area contributed by atoms with E-state index in [1.54, 1.807) is 14.2 Å². The van der Waals surface area contributed by atoms with Gasteiger partial charge in [0.25, 0.3) is 0 Å². The van der Waals surface area contributed by atoms with Crippen molar-refractivity contribution in [3.63, 3.8) is 0 Å². The van der Waals surface area contributed by atoms with Crippen LogP contribution in [0.15, 0.2) is 60.6 Å². The molecule has 0 radical (unpaired) electrons. The van der Waals surface area contributed by atoms with Crippen molar-refractivity contribution >= 4 is 12.8 Å². The first-order valence-corrected chi connectivity index (χ1v) is 13.2. The zero-order valence-corrected chi connectivity index (χ0v) is 22.8. The molecule has 0 bridgehead atoms. The van der Waals surface area contributed by atoms with Crippen molar-refractivity contribution < 1.29 is 18.8 Å². The maximum Gasteiger partial charge on any atom is 0.490 e. The molecule has 6 heteroatoms. The van der Waals surface area contributed by atoms with Crippen molar-refractivity contribution in [2.45, 2.75) is 77.0 Å². The van der Waals surface area contributed by atoms with Gasteiger partial charge in [-0.2, -0.15) is 0 Å². The van der Waals surface area contributed by atoms with E-state index in [1.807, 2.05) is 24.3 Å². The highest BCUT2D eigenvalue weighted by atomic mass is 16.7. The molecule has 4 rings (SSSR count). The van der Waals surface area contributed by atoms with Crippen molar-refractivity contribution in [2.24, 2.45) is 11.8 Å². The molecule has 194 valence electrons. The highest BCUT2D eigenvalue weighted by molar-refractivity contribution is 6.54. The van der Waals surface area contributed by atoms with Crippen LogP contribution in [0.4, 0.5) is 5.69 Å². The summed E-state index contributed by atoms with van der Waals surface area (Å²) >= 11 is 0. The predicted molar refractivity (Wildman–Crippen MR) is 148 cm³/mol. The molecule has 2 aromatic rings. The van der Waals surface area contributed by atoms with Crippen LogP contribution in [0.5, 0.6) is 11.5 Å². The van der Waals surface area contributed by atoms with Crippen molar-refractivity contribution in [3.05, 3.63) is 66.1 Å². The van der Waals surface area contributed by atoms with Crippen molar-refractivity contribution in [3.8, 4) is 11.5 Å². The van der Waals surface area contributed by atoms with Gasteiger partial charge in [-0.1, -0.05) is 37.5 Å². The van der Waals surface area contributed by atoms with E-state index in [4.69, 9.17) is 18.8 Å². The average Bonchev–Trinajstić information content (AvgIpc) is 3.11. The molecule has 0 amide bonds. The first-order valence-electron chi connectivity index (χ1n) is 13.2. The van der Waals surface area contributed by atoms with Crippen molar-refractivity contribution in [1.29, 1.82) is 0 Å². The lowest BCUT2D eigenvalue weighted by Gasteiger charge is -2.39. The molecule has 2 fully saturated rings. The summed E-state index contributed by atoms with van der Waals surface area (Å²) in [5.74, 6) is 2.26. The van der Waals surface area contributed by atoms with Gasteiger partial charge >= 0.3 is 7.12 Å². The number of benzene rings is 2. The smallest absolute Gasteiger partial charge is 0.490 e. The second-order valence-corrected chi connectivity index (χ2v) is 11.2. The van der Waals surface area contributed by atoms with Gasteiger partial charge in [0.2, 0.25) is 0 Å². The summed E-state index contributed by atoms with van der Waals surface area (Å²) in [6.45, 7) is 13.1. The number of rotatable bonds is 9. The monoisotopic (exact) mass is 491 g/mol. The maximum absolute atomic E-state index is 6.52. The van der Waals surface area contributed by atoms with Gasteiger partial charge in [-0.25, -0.2) is 0 Å². The number of methoxy groups -OCH3 is 2. The van der Waals surface area contributed by atoms with E-state index in [9.17, 15) is 0 Å². The first kappa shape index (κ1) is 26.6. The molecule has 1 aliphatic carbocycles. The van der Waals surface area contributed by atoms with E-state index in [0.29, 0.717) is 5.92 Å². The Balaban J connectivity index is 1.77.